The highest BCUT2D eigenvalue weighted by Gasteiger charge is 2.65. The molecule has 2 bridgehead atoms. The van der Waals surface area contributed by atoms with E-state index in [2.05, 4.69) is 48.0 Å². The van der Waals surface area contributed by atoms with Crippen molar-refractivity contribution in [3.63, 3.8) is 0 Å². The maximum Gasteiger partial charge on any atom is 0.415 e. The molecule has 4 aromatic rings. The van der Waals surface area contributed by atoms with Crippen molar-refractivity contribution in [2.24, 2.45) is 22.7 Å². The van der Waals surface area contributed by atoms with Crippen LogP contribution in [-0.2, 0) is 53.9 Å². The second-order valence-corrected chi connectivity index (χ2v) is 25.7. The number of esters is 2. The van der Waals surface area contributed by atoms with Gasteiger partial charge in [-0.3, -0.25) is 29.0 Å². The smallest absolute Gasteiger partial charge is 0.415 e. The number of amides is 1. The number of likely N-dealkylation sites (tertiary alicyclic amines) is 1. The first-order valence-corrected chi connectivity index (χ1v) is 30.2. The number of cyclic esters (lactones) is 1. The number of aromatic nitrogens is 2. The average Bonchev–Trinajstić information content (AvgIpc) is 2.26. The van der Waals surface area contributed by atoms with E-state index in [9.17, 15) is 33.9 Å². The van der Waals surface area contributed by atoms with Gasteiger partial charge < -0.3 is 33.7 Å². The molecule has 82 heavy (non-hydrogen) atoms. The van der Waals surface area contributed by atoms with E-state index in [1.807, 2.05) is 48.2 Å². The predicted octanol–water partition coefficient (Wildman–Crippen LogP) is 9.52. The average molecular weight is 1120 g/mol. The van der Waals surface area contributed by atoms with Gasteiger partial charge in [-0.05, 0) is 175 Å². The fraction of sp³-hybridized carbons (Fsp3) is 0.561. The molecule has 6 unspecified atom stereocenters. The van der Waals surface area contributed by atoms with Crippen LogP contribution in [0, 0.1) is 22.7 Å². The molecule has 1 N–H and O–H groups in total. The molecule has 8 aliphatic rings. The van der Waals surface area contributed by atoms with Gasteiger partial charge in [0.1, 0.15) is 24.7 Å². The summed E-state index contributed by atoms with van der Waals surface area (Å²) in [6.07, 6.45) is 13.6. The van der Waals surface area contributed by atoms with Gasteiger partial charge in [-0.25, -0.2) is 14.6 Å². The second kappa shape index (κ2) is 21.6. The highest BCUT2D eigenvalue weighted by Crippen LogP contribution is 2.70. The SMILES string of the molecule is CC[C@@]1(O)C(=O)OCc2c1cc1n(c2=O)Cc2cc3c(CN(C)C)c(OC(=O)N4C5CCC4CN(CCCCCCN(C)c4ccc(C6CC7(C)[C@@H](CCC7(COC(C)=O)C(C)=O)C7CCC8=CC(=O)CCC8=C67)cc4)C5)ccc3nc2-1. The molecule has 2 aromatic heterocycles. The highest BCUT2D eigenvalue weighted by atomic mass is 16.6. The van der Waals surface area contributed by atoms with Gasteiger partial charge in [0.05, 0.1) is 34.4 Å². The van der Waals surface area contributed by atoms with Crippen molar-refractivity contribution in [3.8, 4) is 17.1 Å². The summed E-state index contributed by atoms with van der Waals surface area (Å²) in [5.41, 5.74) is 7.31. The summed E-state index contributed by atoms with van der Waals surface area (Å²) in [5.74, 6) is 0.478. The molecule has 8 atom stereocenters. The van der Waals surface area contributed by atoms with E-state index < -0.39 is 17.0 Å². The van der Waals surface area contributed by atoms with Gasteiger partial charge in [-0.15, -0.1) is 0 Å². The van der Waals surface area contributed by atoms with E-state index in [0.717, 1.165) is 120 Å². The van der Waals surface area contributed by atoms with Crippen LogP contribution >= 0.6 is 0 Å². The maximum absolute atomic E-state index is 14.2. The largest absolute Gasteiger partial charge is 0.465 e. The zero-order valence-electron chi connectivity index (χ0n) is 48.9. The Morgan fingerprint density at radius 2 is 1.66 bits per heavy atom. The Labute approximate surface area is 480 Å². The molecule has 6 heterocycles. The van der Waals surface area contributed by atoms with Gasteiger partial charge in [0.25, 0.3) is 5.56 Å². The summed E-state index contributed by atoms with van der Waals surface area (Å²) in [4.78, 5) is 93.4. The molecule has 2 saturated carbocycles. The minimum atomic E-state index is -1.91. The van der Waals surface area contributed by atoms with Gasteiger partial charge in [-0.1, -0.05) is 44.4 Å². The summed E-state index contributed by atoms with van der Waals surface area (Å²) >= 11 is 0. The lowest BCUT2D eigenvalue weighted by atomic mass is 9.48. The van der Waals surface area contributed by atoms with Crippen molar-refractivity contribution in [3.05, 3.63) is 109 Å². The summed E-state index contributed by atoms with van der Waals surface area (Å²) in [6.45, 7) is 11.4. The number of aliphatic hydroxyl groups is 1. The van der Waals surface area contributed by atoms with Crippen LogP contribution in [0.15, 0.2) is 76.1 Å². The van der Waals surface area contributed by atoms with E-state index in [0.29, 0.717) is 47.5 Å². The maximum atomic E-state index is 14.2. The number of ether oxygens (including phenoxy) is 3. The first-order chi connectivity index (χ1) is 39.3. The number of unbranched alkanes of at least 4 members (excludes halogenated alkanes) is 3. The number of nitrogens with zero attached hydrogens (tertiary/aromatic N) is 6. The number of carbonyl (C=O) groups is 5. The Balaban J connectivity index is 0.655. The van der Waals surface area contributed by atoms with Crippen molar-refractivity contribution in [1.82, 2.24) is 24.3 Å². The summed E-state index contributed by atoms with van der Waals surface area (Å²) in [5, 5.41) is 12.2. The Kier molecular flexibility index (Phi) is 14.8. The Morgan fingerprint density at radius 3 is 2.38 bits per heavy atom. The molecule has 434 valence electrons. The van der Waals surface area contributed by atoms with E-state index in [1.165, 1.54) is 34.9 Å². The van der Waals surface area contributed by atoms with E-state index >= 15 is 0 Å². The van der Waals surface area contributed by atoms with Crippen LogP contribution in [0.5, 0.6) is 5.75 Å². The lowest BCUT2D eigenvalue weighted by molar-refractivity contribution is -0.172. The monoisotopic (exact) mass is 1120 g/mol. The number of benzene rings is 2. The second-order valence-electron chi connectivity index (χ2n) is 25.7. The molecule has 16 nitrogen and oxygen atoms in total. The molecule has 1 amide bonds. The number of pyridine rings is 2. The summed E-state index contributed by atoms with van der Waals surface area (Å²) < 4.78 is 19.0. The first kappa shape index (κ1) is 56.0. The number of hydrogen-bond donors (Lipinski definition) is 1. The minimum absolute atomic E-state index is 0.0677. The molecule has 4 aliphatic heterocycles. The lowest BCUT2D eigenvalue weighted by Gasteiger charge is -2.55. The number of carbonyl (C=O) groups excluding carboxylic acids is 5. The third kappa shape index (κ3) is 9.42. The van der Waals surface area contributed by atoms with Crippen molar-refractivity contribution >= 4 is 46.2 Å². The predicted molar refractivity (Wildman–Crippen MR) is 311 cm³/mol. The van der Waals surface area contributed by atoms with Crippen molar-refractivity contribution in [2.75, 3.05) is 58.8 Å². The summed E-state index contributed by atoms with van der Waals surface area (Å²) in [7, 11) is 6.12. The van der Waals surface area contributed by atoms with Crippen LogP contribution in [0.4, 0.5) is 10.5 Å². The van der Waals surface area contributed by atoms with Gasteiger partial charge in [0.2, 0.25) is 0 Å². The number of rotatable bonds is 16. The summed E-state index contributed by atoms with van der Waals surface area (Å²) in [6, 6.07) is 16.7. The lowest BCUT2D eigenvalue weighted by Crippen LogP contribution is -2.56. The highest BCUT2D eigenvalue weighted by molar-refractivity contribution is 5.93. The number of fused-ring (bicyclic) bond motifs is 11. The van der Waals surface area contributed by atoms with E-state index in [4.69, 9.17) is 19.2 Å². The Hall–Kier alpha value is -6.49. The van der Waals surface area contributed by atoms with Gasteiger partial charge in [0, 0.05) is 92.3 Å². The zero-order chi connectivity index (χ0) is 57.6. The van der Waals surface area contributed by atoms with Gasteiger partial charge in [-0.2, -0.15) is 0 Å². The molecule has 0 spiro atoms. The molecular formula is C66H80N6O10. The van der Waals surface area contributed by atoms with Crippen LogP contribution in [0.3, 0.4) is 0 Å². The first-order valence-electron chi connectivity index (χ1n) is 30.2. The molecule has 0 radical (unpaired) electrons. The molecule has 4 aliphatic carbocycles. The third-order valence-electron chi connectivity index (χ3n) is 20.9. The Bertz CT molecular complexity index is 3400. The number of ketones is 2. The zero-order valence-corrected chi connectivity index (χ0v) is 48.9. The van der Waals surface area contributed by atoms with Crippen LogP contribution in [0.2, 0.25) is 0 Å². The molecule has 2 aromatic carbocycles. The number of Topliss-reactive ketones (excluding diaryl/α,β-unsaturated/α-hetero) is 1. The molecule has 4 fully saturated rings. The van der Waals surface area contributed by atoms with Crippen LogP contribution in [-0.4, -0.2) is 125 Å². The van der Waals surface area contributed by atoms with Crippen molar-refractivity contribution in [1.29, 1.82) is 0 Å². The van der Waals surface area contributed by atoms with Crippen LogP contribution < -0.4 is 15.2 Å². The number of hydrogen-bond acceptors (Lipinski definition) is 14. The number of anilines is 1. The quantitative estimate of drug-likeness (QED) is 0.0729. The fourth-order valence-corrected chi connectivity index (χ4v) is 16.6. The van der Waals surface area contributed by atoms with Crippen molar-refractivity contribution < 1.29 is 43.3 Å². The van der Waals surface area contributed by atoms with Crippen molar-refractivity contribution in [2.45, 2.75) is 161 Å². The normalized spacial score (nSPS) is 28.0. The van der Waals surface area contributed by atoms with E-state index in [-0.39, 0.29) is 89.9 Å². The van der Waals surface area contributed by atoms with Gasteiger partial charge >= 0.3 is 18.0 Å². The molecule has 2 saturated heterocycles. The topological polar surface area (TPSA) is 181 Å². The van der Waals surface area contributed by atoms with Crippen LogP contribution in [0.25, 0.3) is 22.3 Å². The fourth-order valence-electron chi connectivity index (χ4n) is 16.6. The standard InChI is InChI=1S/C66H80N6O10/c1-8-66(79)55-31-57-60-43(33-71(57)61(76)53(55)37-80-62(66)77)30-50-52(36-68(5)6)58(24-23-56(50)67-60)82-63(78)72-45-18-19-46(72)35-70(34-45)28-12-10-9-11-27-69(7)44-16-13-41(14-17-44)51-32-64(4)54(25-26-65(64,39(2)73)38-81-40(3)74)49-21-15-42-29-47(75)20-22-48(42)59(49)51/h13-14,16-17,23-24,29-31,45-46,49,51,54,79H,8-12,15,18-22,25-28,32-38H2,1-7H3/t45?,46?,49?,51?,54-,64?,65?,66-/m0/s1. The van der Waals surface area contributed by atoms with E-state index in [1.54, 1.807) is 24.5 Å². The Morgan fingerprint density at radius 1 is 0.902 bits per heavy atom. The van der Waals surface area contributed by atoms with Gasteiger partial charge in [0.15, 0.2) is 11.4 Å². The third-order valence-corrected chi connectivity index (χ3v) is 20.9. The minimum Gasteiger partial charge on any atom is -0.465 e. The van der Waals surface area contributed by atoms with Crippen LogP contribution in [0.1, 0.15) is 151 Å². The molecular weight excluding hydrogens is 1040 g/mol. The molecule has 16 heteroatoms. The number of piperazine rings is 1. The molecule has 12 rings (SSSR count). The number of allylic oxidation sites excluding steroid dienone is 4.